The fourth-order valence-corrected chi connectivity index (χ4v) is 5.19. The molecule has 0 N–H and O–H groups in total. The third-order valence-electron chi connectivity index (χ3n) is 5.98. The number of carbonyl (C=O) groups is 1. The first-order chi connectivity index (χ1) is 16.8. The number of aromatic nitrogens is 3. The monoisotopic (exact) mass is 470 g/mol. The Hall–Kier alpha value is -3.78. The number of para-hydroxylation sites is 4. The Morgan fingerprint density at radius 2 is 1.71 bits per heavy atom. The molecule has 0 bridgehead atoms. The lowest BCUT2D eigenvalue weighted by atomic mass is 10.2. The van der Waals surface area contributed by atoms with E-state index in [0.29, 0.717) is 29.9 Å². The van der Waals surface area contributed by atoms with E-state index >= 15 is 0 Å². The van der Waals surface area contributed by atoms with Gasteiger partial charge in [-0.25, -0.2) is 0 Å². The summed E-state index contributed by atoms with van der Waals surface area (Å²) in [6.07, 6.45) is 0.468. The highest BCUT2D eigenvalue weighted by molar-refractivity contribution is 7.99. The van der Waals surface area contributed by atoms with Crippen LogP contribution in [-0.2, 0) is 11.2 Å². The zero-order valence-electron chi connectivity index (χ0n) is 18.3. The van der Waals surface area contributed by atoms with Crippen LogP contribution in [0.3, 0.4) is 0 Å². The molecule has 0 saturated heterocycles. The van der Waals surface area contributed by atoms with Crippen LogP contribution in [0.1, 0.15) is 17.5 Å². The number of thioether (sulfide) groups is 1. The summed E-state index contributed by atoms with van der Waals surface area (Å²) in [5, 5.41) is 9.54. The van der Waals surface area contributed by atoms with Crippen molar-refractivity contribution < 1.29 is 14.3 Å². The lowest BCUT2D eigenvalue weighted by Gasteiger charge is -2.26. The van der Waals surface area contributed by atoms with Crippen molar-refractivity contribution >= 4 is 23.4 Å². The van der Waals surface area contributed by atoms with Crippen molar-refractivity contribution in [3.63, 3.8) is 0 Å². The Kier molecular flexibility index (Phi) is 5.43. The maximum absolute atomic E-state index is 13.1. The number of benzene rings is 3. The molecule has 3 heterocycles. The number of ether oxygens (including phenoxy) is 2. The maximum Gasteiger partial charge on any atom is 0.237 e. The molecular formula is C26H22N4O3S. The molecule has 0 saturated carbocycles. The van der Waals surface area contributed by atoms with Gasteiger partial charge < -0.3 is 14.4 Å². The van der Waals surface area contributed by atoms with Gasteiger partial charge in [-0.1, -0.05) is 60.3 Å². The van der Waals surface area contributed by atoms with Gasteiger partial charge in [0.1, 0.15) is 6.61 Å². The van der Waals surface area contributed by atoms with Crippen molar-refractivity contribution in [2.75, 3.05) is 23.8 Å². The van der Waals surface area contributed by atoms with Crippen LogP contribution in [0.2, 0.25) is 0 Å². The number of rotatable bonds is 5. The SMILES string of the molecule is O=C(CSc1nnc([C@@H]2COc3ccccc3O2)n1-c1ccccc1)N1CCc2ccccc21. The Labute approximate surface area is 201 Å². The molecule has 1 aromatic heterocycles. The van der Waals surface area contributed by atoms with E-state index in [1.807, 2.05) is 82.3 Å². The second kappa shape index (κ2) is 8.87. The van der Waals surface area contributed by atoms with Crippen molar-refractivity contribution in [2.24, 2.45) is 0 Å². The Morgan fingerprint density at radius 1 is 0.941 bits per heavy atom. The van der Waals surface area contributed by atoms with Gasteiger partial charge in [0, 0.05) is 17.9 Å². The summed E-state index contributed by atoms with van der Waals surface area (Å²) >= 11 is 1.38. The van der Waals surface area contributed by atoms with E-state index < -0.39 is 6.10 Å². The van der Waals surface area contributed by atoms with E-state index in [1.54, 1.807) is 0 Å². The van der Waals surface area contributed by atoms with E-state index in [1.165, 1.54) is 17.3 Å². The lowest BCUT2D eigenvalue weighted by molar-refractivity contribution is -0.116. The van der Waals surface area contributed by atoms with Gasteiger partial charge in [0.25, 0.3) is 0 Å². The minimum atomic E-state index is -0.418. The summed E-state index contributed by atoms with van der Waals surface area (Å²) in [5.74, 6) is 2.37. The molecule has 1 amide bonds. The minimum absolute atomic E-state index is 0.0605. The predicted molar refractivity (Wildman–Crippen MR) is 130 cm³/mol. The molecule has 0 spiro atoms. The molecule has 0 unspecified atom stereocenters. The molecule has 3 aromatic carbocycles. The topological polar surface area (TPSA) is 69.5 Å². The number of hydrogen-bond acceptors (Lipinski definition) is 6. The molecule has 2 aliphatic heterocycles. The number of anilines is 1. The summed E-state index contributed by atoms with van der Waals surface area (Å²) in [5.41, 5.74) is 3.13. The molecule has 7 nitrogen and oxygen atoms in total. The summed E-state index contributed by atoms with van der Waals surface area (Å²) in [4.78, 5) is 14.9. The highest BCUT2D eigenvalue weighted by Gasteiger charge is 2.30. The third-order valence-corrected chi connectivity index (χ3v) is 6.90. The van der Waals surface area contributed by atoms with Crippen LogP contribution in [-0.4, -0.2) is 39.6 Å². The Morgan fingerprint density at radius 3 is 2.59 bits per heavy atom. The first-order valence-corrected chi connectivity index (χ1v) is 12.2. The fourth-order valence-electron chi connectivity index (χ4n) is 4.35. The molecule has 6 rings (SSSR count). The molecule has 2 aliphatic rings. The third kappa shape index (κ3) is 3.80. The standard InChI is InChI=1S/C26H22N4O3S/c31-24(29-15-14-18-8-4-5-11-20(18)29)17-34-26-28-27-25(30(26)19-9-2-1-3-10-19)23-16-32-21-12-6-7-13-22(21)33-23/h1-13,23H,14-17H2/t23-/m0/s1. The van der Waals surface area contributed by atoms with E-state index in [9.17, 15) is 4.79 Å². The molecule has 170 valence electrons. The molecule has 0 radical (unpaired) electrons. The van der Waals surface area contributed by atoms with Gasteiger partial charge in [-0.15, -0.1) is 10.2 Å². The van der Waals surface area contributed by atoms with E-state index in [-0.39, 0.29) is 11.7 Å². The van der Waals surface area contributed by atoms with Crippen molar-refractivity contribution in [3.8, 4) is 17.2 Å². The van der Waals surface area contributed by atoms with E-state index in [0.717, 1.165) is 23.5 Å². The zero-order valence-corrected chi connectivity index (χ0v) is 19.1. The van der Waals surface area contributed by atoms with Gasteiger partial charge in [-0.2, -0.15) is 0 Å². The Bertz CT molecular complexity index is 1340. The average molecular weight is 471 g/mol. The summed E-state index contributed by atoms with van der Waals surface area (Å²) in [6.45, 7) is 1.04. The average Bonchev–Trinajstić information content (AvgIpc) is 3.52. The van der Waals surface area contributed by atoms with Crippen LogP contribution in [0.5, 0.6) is 11.5 Å². The van der Waals surface area contributed by atoms with Crippen LogP contribution in [0.4, 0.5) is 5.69 Å². The first kappa shape index (κ1) is 20.8. The van der Waals surface area contributed by atoms with Crippen LogP contribution < -0.4 is 14.4 Å². The van der Waals surface area contributed by atoms with E-state index in [4.69, 9.17) is 9.47 Å². The van der Waals surface area contributed by atoms with Crippen molar-refractivity contribution in [3.05, 3.63) is 90.3 Å². The second-order valence-electron chi connectivity index (χ2n) is 8.09. The molecule has 1 atom stereocenters. The van der Waals surface area contributed by atoms with Crippen LogP contribution in [0.15, 0.2) is 84.0 Å². The van der Waals surface area contributed by atoms with Gasteiger partial charge in [0.05, 0.1) is 5.75 Å². The highest BCUT2D eigenvalue weighted by Crippen LogP contribution is 2.37. The molecule has 0 fully saturated rings. The van der Waals surface area contributed by atoms with Gasteiger partial charge >= 0.3 is 0 Å². The fraction of sp³-hybridized carbons (Fsp3) is 0.192. The molecule has 34 heavy (non-hydrogen) atoms. The summed E-state index contributed by atoms with van der Waals surface area (Å²) < 4.78 is 14.1. The quantitative estimate of drug-likeness (QED) is 0.401. The van der Waals surface area contributed by atoms with Gasteiger partial charge in [-0.05, 0) is 42.3 Å². The van der Waals surface area contributed by atoms with Crippen molar-refractivity contribution in [1.29, 1.82) is 0 Å². The predicted octanol–water partition coefficient (Wildman–Crippen LogP) is 4.46. The van der Waals surface area contributed by atoms with Crippen molar-refractivity contribution in [1.82, 2.24) is 14.8 Å². The zero-order chi connectivity index (χ0) is 22.9. The summed E-state index contributed by atoms with van der Waals surface area (Å²) in [6, 6.07) is 25.6. The van der Waals surface area contributed by atoms with Crippen LogP contribution >= 0.6 is 11.8 Å². The molecule has 0 aliphatic carbocycles. The number of amides is 1. The normalized spacial score (nSPS) is 16.4. The minimum Gasteiger partial charge on any atom is -0.485 e. The largest absolute Gasteiger partial charge is 0.485 e. The van der Waals surface area contributed by atoms with E-state index in [2.05, 4.69) is 16.3 Å². The number of nitrogens with zero attached hydrogens (tertiary/aromatic N) is 4. The molecule has 8 heteroatoms. The smallest absolute Gasteiger partial charge is 0.237 e. The Balaban J connectivity index is 1.27. The number of carbonyl (C=O) groups excluding carboxylic acids is 1. The summed E-state index contributed by atoms with van der Waals surface area (Å²) in [7, 11) is 0. The second-order valence-corrected chi connectivity index (χ2v) is 9.03. The van der Waals surface area contributed by atoms with Gasteiger partial charge in [0.2, 0.25) is 5.91 Å². The van der Waals surface area contributed by atoms with Gasteiger partial charge in [-0.3, -0.25) is 9.36 Å². The highest BCUT2D eigenvalue weighted by atomic mass is 32.2. The van der Waals surface area contributed by atoms with Crippen molar-refractivity contribution in [2.45, 2.75) is 17.7 Å². The van der Waals surface area contributed by atoms with Crippen LogP contribution in [0.25, 0.3) is 5.69 Å². The lowest BCUT2D eigenvalue weighted by Crippen LogP contribution is -2.30. The van der Waals surface area contributed by atoms with Gasteiger partial charge in [0.15, 0.2) is 28.6 Å². The number of hydrogen-bond donors (Lipinski definition) is 0. The molecule has 4 aromatic rings. The first-order valence-electron chi connectivity index (χ1n) is 11.2. The maximum atomic E-state index is 13.1. The molecular weight excluding hydrogens is 448 g/mol. The number of fused-ring (bicyclic) bond motifs is 2. The van der Waals surface area contributed by atoms with Crippen LogP contribution in [0, 0.1) is 0 Å².